The number of hydrogen-bond acceptors (Lipinski definition) is 3. The lowest BCUT2D eigenvalue weighted by Gasteiger charge is -2.07. The Bertz CT molecular complexity index is 540. The number of rotatable bonds is 5. The molecule has 1 heterocycles. The molecule has 0 radical (unpaired) electrons. The van der Waals surface area contributed by atoms with Crippen LogP contribution >= 0.6 is 11.6 Å². The van der Waals surface area contributed by atoms with Crippen molar-refractivity contribution in [3.63, 3.8) is 0 Å². The van der Waals surface area contributed by atoms with Crippen LogP contribution in [0.2, 0.25) is 5.15 Å². The van der Waals surface area contributed by atoms with Crippen LogP contribution in [0.15, 0.2) is 30.3 Å². The van der Waals surface area contributed by atoms with Crippen LogP contribution in [-0.2, 0) is 12.8 Å². The minimum atomic E-state index is 0.415. The molecule has 0 unspecified atom stereocenters. The molecule has 0 aliphatic heterocycles. The van der Waals surface area contributed by atoms with Crippen molar-refractivity contribution in [3.05, 3.63) is 46.9 Å². The van der Waals surface area contributed by atoms with E-state index in [9.17, 15) is 0 Å². The van der Waals surface area contributed by atoms with Crippen molar-refractivity contribution in [2.75, 3.05) is 0 Å². The van der Waals surface area contributed by atoms with Crippen molar-refractivity contribution in [1.29, 1.82) is 0 Å². The summed E-state index contributed by atoms with van der Waals surface area (Å²) in [7, 11) is 0. The van der Waals surface area contributed by atoms with Crippen LogP contribution < -0.4 is 4.74 Å². The predicted octanol–water partition coefficient (Wildman–Crippen LogP) is 4.44. The summed E-state index contributed by atoms with van der Waals surface area (Å²) in [4.78, 5) is 8.51. The van der Waals surface area contributed by atoms with Crippen molar-refractivity contribution in [3.8, 4) is 11.6 Å². The van der Waals surface area contributed by atoms with E-state index in [-0.39, 0.29) is 0 Å². The first-order valence-corrected chi connectivity index (χ1v) is 6.89. The molecule has 2 aromatic rings. The van der Waals surface area contributed by atoms with E-state index in [1.165, 1.54) is 5.56 Å². The Labute approximate surface area is 118 Å². The highest BCUT2D eigenvalue weighted by Crippen LogP contribution is 2.22. The van der Waals surface area contributed by atoms with Gasteiger partial charge in [0.2, 0.25) is 5.88 Å². The molecule has 0 N–H and O–H groups in total. The second kappa shape index (κ2) is 6.53. The van der Waals surface area contributed by atoms with E-state index >= 15 is 0 Å². The molecule has 0 atom stereocenters. The summed E-state index contributed by atoms with van der Waals surface area (Å²) in [5.74, 6) is 1.97. The number of hydrogen-bond donors (Lipinski definition) is 0. The Hall–Kier alpha value is -1.61. The van der Waals surface area contributed by atoms with E-state index in [2.05, 4.69) is 23.8 Å². The summed E-state index contributed by atoms with van der Waals surface area (Å²) in [6.45, 7) is 4.20. The van der Waals surface area contributed by atoms with Crippen molar-refractivity contribution in [1.82, 2.24) is 9.97 Å². The molecular formula is C15H17ClN2O. The third kappa shape index (κ3) is 3.93. The Balaban J connectivity index is 2.17. The van der Waals surface area contributed by atoms with Gasteiger partial charge in [0.15, 0.2) is 0 Å². The smallest absolute Gasteiger partial charge is 0.224 e. The molecule has 2 rings (SSSR count). The largest absolute Gasteiger partial charge is 0.439 e. The molecule has 0 aliphatic rings. The van der Waals surface area contributed by atoms with Gasteiger partial charge in [0.25, 0.3) is 0 Å². The average molecular weight is 277 g/mol. The molecule has 0 spiro atoms. The summed E-state index contributed by atoms with van der Waals surface area (Å²) in [5.41, 5.74) is 1.28. The Kier molecular flexibility index (Phi) is 4.74. The summed E-state index contributed by atoms with van der Waals surface area (Å²) >= 11 is 5.97. The maximum absolute atomic E-state index is 5.97. The van der Waals surface area contributed by atoms with Crippen LogP contribution in [0.4, 0.5) is 0 Å². The van der Waals surface area contributed by atoms with Gasteiger partial charge < -0.3 is 4.74 Å². The summed E-state index contributed by atoms with van der Waals surface area (Å²) < 4.78 is 5.71. The minimum absolute atomic E-state index is 0.415. The van der Waals surface area contributed by atoms with Gasteiger partial charge in [-0.1, -0.05) is 37.6 Å². The Morgan fingerprint density at radius 1 is 1.11 bits per heavy atom. The van der Waals surface area contributed by atoms with Gasteiger partial charge in [-0.25, -0.2) is 4.98 Å². The number of aromatic nitrogens is 2. The summed E-state index contributed by atoms with van der Waals surface area (Å²) in [6, 6.07) is 9.60. The number of nitrogens with zero attached hydrogens (tertiary/aromatic N) is 2. The monoisotopic (exact) mass is 276 g/mol. The topological polar surface area (TPSA) is 35.0 Å². The van der Waals surface area contributed by atoms with Crippen LogP contribution in [-0.4, -0.2) is 9.97 Å². The predicted molar refractivity (Wildman–Crippen MR) is 76.9 cm³/mol. The van der Waals surface area contributed by atoms with Gasteiger partial charge in [-0.2, -0.15) is 4.98 Å². The zero-order valence-electron chi connectivity index (χ0n) is 11.2. The molecule has 0 amide bonds. The maximum atomic E-state index is 5.97. The highest BCUT2D eigenvalue weighted by atomic mass is 35.5. The zero-order chi connectivity index (χ0) is 13.7. The van der Waals surface area contributed by atoms with Crippen molar-refractivity contribution in [2.45, 2.75) is 33.1 Å². The van der Waals surface area contributed by atoms with Crippen LogP contribution in [0.3, 0.4) is 0 Å². The number of benzene rings is 1. The first-order chi connectivity index (χ1) is 9.21. The third-order valence-electron chi connectivity index (χ3n) is 2.75. The van der Waals surface area contributed by atoms with Crippen LogP contribution in [0.1, 0.15) is 31.7 Å². The third-order valence-corrected chi connectivity index (χ3v) is 2.94. The first kappa shape index (κ1) is 13.8. The molecule has 0 bridgehead atoms. The molecule has 3 nitrogen and oxygen atoms in total. The molecule has 0 aliphatic carbocycles. The molecular weight excluding hydrogens is 260 g/mol. The summed E-state index contributed by atoms with van der Waals surface area (Å²) in [6.07, 6.45) is 2.79. The maximum Gasteiger partial charge on any atom is 0.224 e. The van der Waals surface area contributed by atoms with E-state index in [0.29, 0.717) is 11.0 Å². The van der Waals surface area contributed by atoms with E-state index in [1.54, 1.807) is 6.07 Å². The first-order valence-electron chi connectivity index (χ1n) is 6.51. The van der Waals surface area contributed by atoms with Gasteiger partial charge in [-0.15, -0.1) is 0 Å². The fourth-order valence-corrected chi connectivity index (χ4v) is 1.93. The van der Waals surface area contributed by atoms with Gasteiger partial charge in [0.05, 0.1) is 0 Å². The molecule has 0 fully saturated rings. The van der Waals surface area contributed by atoms with E-state index < -0.39 is 0 Å². The van der Waals surface area contributed by atoms with Crippen molar-refractivity contribution in [2.24, 2.45) is 0 Å². The Morgan fingerprint density at radius 3 is 2.47 bits per heavy atom. The molecule has 4 heteroatoms. The van der Waals surface area contributed by atoms with Crippen molar-refractivity contribution < 1.29 is 4.74 Å². The molecule has 1 aromatic heterocycles. The highest BCUT2D eigenvalue weighted by molar-refractivity contribution is 6.29. The standard InChI is InChI=1S/C15H17ClN2O/c1-3-5-14-17-13(16)10-15(18-14)19-12-8-6-11(4-2)7-9-12/h6-10H,3-5H2,1-2H3. The van der Waals surface area contributed by atoms with Gasteiger partial charge in [-0.3, -0.25) is 0 Å². The minimum Gasteiger partial charge on any atom is -0.439 e. The van der Waals surface area contributed by atoms with Gasteiger partial charge in [0, 0.05) is 12.5 Å². The van der Waals surface area contributed by atoms with Crippen LogP contribution in [0.25, 0.3) is 0 Å². The van der Waals surface area contributed by atoms with E-state index in [4.69, 9.17) is 16.3 Å². The van der Waals surface area contributed by atoms with Crippen LogP contribution in [0, 0.1) is 0 Å². The molecule has 0 saturated carbocycles. The van der Waals surface area contributed by atoms with Gasteiger partial charge in [-0.05, 0) is 30.5 Å². The SMILES string of the molecule is CCCc1nc(Cl)cc(Oc2ccc(CC)cc2)n1. The Morgan fingerprint density at radius 2 is 1.84 bits per heavy atom. The lowest BCUT2D eigenvalue weighted by molar-refractivity contribution is 0.458. The van der Waals surface area contributed by atoms with E-state index in [1.807, 2.05) is 24.3 Å². The number of aryl methyl sites for hydroxylation is 2. The van der Waals surface area contributed by atoms with E-state index in [0.717, 1.165) is 30.8 Å². The quantitative estimate of drug-likeness (QED) is 0.758. The molecule has 1 aromatic carbocycles. The lowest BCUT2D eigenvalue weighted by Crippen LogP contribution is -1.97. The molecule has 0 saturated heterocycles. The summed E-state index contributed by atoms with van der Waals surface area (Å²) in [5, 5.41) is 0.415. The zero-order valence-corrected chi connectivity index (χ0v) is 11.9. The van der Waals surface area contributed by atoms with Gasteiger partial charge >= 0.3 is 0 Å². The van der Waals surface area contributed by atoms with Crippen LogP contribution in [0.5, 0.6) is 11.6 Å². The lowest BCUT2D eigenvalue weighted by atomic mass is 10.2. The highest BCUT2D eigenvalue weighted by Gasteiger charge is 2.05. The second-order valence-corrected chi connectivity index (χ2v) is 4.68. The fraction of sp³-hybridized carbons (Fsp3) is 0.333. The second-order valence-electron chi connectivity index (χ2n) is 4.29. The molecule has 19 heavy (non-hydrogen) atoms. The van der Waals surface area contributed by atoms with Gasteiger partial charge in [0.1, 0.15) is 16.7 Å². The number of halogens is 1. The fourth-order valence-electron chi connectivity index (χ4n) is 1.74. The normalized spacial score (nSPS) is 10.5. The van der Waals surface area contributed by atoms with Crippen molar-refractivity contribution >= 4 is 11.6 Å². The number of ether oxygens (including phenoxy) is 1. The molecule has 100 valence electrons. The average Bonchev–Trinajstić information content (AvgIpc) is 2.39.